The monoisotopic (exact) mass is 297 g/mol. The number of halogens is 4. The fourth-order valence-corrected chi connectivity index (χ4v) is 2.10. The van der Waals surface area contributed by atoms with E-state index >= 15 is 0 Å². The summed E-state index contributed by atoms with van der Waals surface area (Å²) >= 11 is 0. The van der Waals surface area contributed by atoms with Crippen LogP contribution in [0.2, 0.25) is 0 Å². The largest absolute Gasteiger partial charge is 0.377 e. The van der Waals surface area contributed by atoms with Crippen molar-refractivity contribution in [3.05, 3.63) is 65.2 Å². The van der Waals surface area contributed by atoms with Crippen LogP contribution in [-0.4, -0.2) is 6.04 Å². The van der Waals surface area contributed by atoms with E-state index in [1.54, 1.807) is 0 Å². The van der Waals surface area contributed by atoms with Gasteiger partial charge in [-0.15, -0.1) is 0 Å². The molecule has 0 radical (unpaired) electrons. The van der Waals surface area contributed by atoms with Crippen molar-refractivity contribution in [2.75, 3.05) is 5.32 Å². The second-order valence-electron chi connectivity index (χ2n) is 4.78. The number of hydrogen-bond donors (Lipinski definition) is 1. The fraction of sp³-hybridized carbons (Fsp3) is 0.250. The minimum absolute atomic E-state index is 0.202. The van der Waals surface area contributed by atoms with Gasteiger partial charge >= 0.3 is 0 Å². The maximum Gasteiger partial charge on any atom is 0.185 e. The van der Waals surface area contributed by atoms with Gasteiger partial charge in [0, 0.05) is 12.1 Å². The fourth-order valence-electron chi connectivity index (χ4n) is 2.10. The van der Waals surface area contributed by atoms with Gasteiger partial charge in [-0.05, 0) is 18.4 Å². The summed E-state index contributed by atoms with van der Waals surface area (Å²) in [5.41, 5.74) is 0.213. The molecule has 2 rings (SSSR count). The summed E-state index contributed by atoms with van der Waals surface area (Å²) in [6.07, 6.45) is 1.04. The van der Waals surface area contributed by atoms with Crippen molar-refractivity contribution >= 4 is 5.69 Å². The average Bonchev–Trinajstić information content (AvgIpc) is 2.49. The first-order valence-corrected chi connectivity index (χ1v) is 6.66. The highest BCUT2D eigenvalue weighted by molar-refractivity contribution is 5.48. The highest BCUT2D eigenvalue weighted by atomic mass is 19.2. The molecule has 0 amide bonds. The van der Waals surface area contributed by atoms with E-state index in [0.29, 0.717) is 12.8 Å². The van der Waals surface area contributed by atoms with Crippen LogP contribution < -0.4 is 5.32 Å². The molecule has 2 aromatic carbocycles. The molecule has 5 heteroatoms. The lowest BCUT2D eigenvalue weighted by molar-refractivity contribution is 0.455. The summed E-state index contributed by atoms with van der Waals surface area (Å²) in [5, 5.41) is 2.57. The molecule has 0 spiro atoms. The number of nitrogens with one attached hydrogen (secondary N) is 1. The van der Waals surface area contributed by atoms with E-state index in [9.17, 15) is 17.6 Å². The molecule has 0 saturated heterocycles. The van der Waals surface area contributed by atoms with Gasteiger partial charge < -0.3 is 5.32 Å². The van der Waals surface area contributed by atoms with Crippen molar-refractivity contribution in [1.29, 1.82) is 0 Å². The molecular formula is C16H15F4N. The predicted molar refractivity (Wildman–Crippen MR) is 74.1 cm³/mol. The maximum absolute atomic E-state index is 13.6. The summed E-state index contributed by atoms with van der Waals surface area (Å²) in [4.78, 5) is 0. The van der Waals surface area contributed by atoms with E-state index in [-0.39, 0.29) is 12.1 Å². The molecular weight excluding hydrogens is 282 g/mol. The third-order valence-electron chi connectivity index (χ3n) is 3.28. The molecule has 112 valence electrons. The molecule has 0 fully saturated rings. The zero-order valence-corrected chi connectivity index (χ0v) is 11.5. The molecule has 1 atom stereocenters. The normalized spacial score (nSPS) is 12.2. The second-order valence-corrected chi connectivity index (χ2v) is 4.78. The van der Waals surface area contributed by atoms with Gasteiger partial charge in [-0.1, -0.05) is 37.3 Å². The van der Waals surface area contributed by atoms with Gasteiger partial charge in [0.1, 0.15) is 5.69 Å². The van der Waals surface area contributed by atoms with Gasteiger partial charge in [-0.3, -0.25) is 0 Å². The van der Waals surface area contributed by atoms with Gasteiger partial charge in [0.05, 0.1) is 0 Å². The molecule has 0 aliphatic heterocycles. The van der Waals surface area contributed by atoms with Crippen LogP contribution >= 0.6 is 0 Å². The highest BCUT2D eigenvalue weighted by Gasteiger charge is 2.21. The van der Waals surface area contributed by atoms with Gasteiger partial charge in [0.2, 0.25) is 0 Å². The second kappa shape index (κ2) is 6.61. The van der Waals surface area contributed by atoms with E-state index < -0.39 is 29.0 Å². The van der Waals surface area contributed by atoms with E-state index in [1.807, 2.05) is 37.3 Å². The Balaban J connectivity index is 2.23. The molecule has 0 heterocycles. The van der Waals surface area contributed by atoms with Crippen LogP contribution in [0.5, 0.6) is 0 Å². The number of anilines is 1. The van der Waals surface area contributed by atoms with E-state index in [0.717, 1.165) is 5.56 Å². The van der Waals surface area contributed by atoms with E-state index in [4.69, 9.17) is 0 Å². The molecule has 0 saturated carbocycles. The molecule has 1 unspecified atom stereocenters. The Bertz CT molecular complexity index is 587. The Kier molecular flexibility index (Phi) is 4.83. The Labute approximate surface area is 120 Å². The number of hydrogen-bond acceptors (Lipinski definition) is 1. The van der Waals surface area contributed by atoms with Crippen LogP contribution in [0.4, 0.5) is 23.2 Å². The SMILES string of the molecule is CCC(Cc1ccccc1)Nc1c(F)c(F)cc(F)c1F. The molecule has 2 aromatic rings. The van der Waals surface area contributed by atoms with Crippen LogP contribution in [0, 0.1) is 23.3 Å². The highest BCUT2D eigenvalue weighted by Crippen LogP contribution is 2.25. The first-order chi connectivity index (χ1) is 10.0. The Hall–Kier alpha value is -2.04. The smallest absolute Gasteiger partial charge is 0.185 e. The third kappa shape index (κ3) is 3.54. The molecule has 21 heavy (non-hydrogen) atoms. The van der Waals surface area contributed by atoms with Crippen molar-refractivity contribution in [2.45, 2.75) is 25.8 Å². The standard InChI is InChI=1S/C16H15F4N/c1-2-11(8-10-6-4-3-5-7-10)21-16-14(19)12(17)9-13(18)15(16)20/h3-7,9,11,21H,2,8H2,1H3. The predicted octanol–water partition coefficient (Wildman–Crippen LogP) is 4.68. The van der Waals surface area contributed by atoms with Crippen molar-refractivity contribution in [1.82, 2.24) is 0 Å². The maximum atomic E-state index is 13.6. The molecule has 0 aromatic heterocycles. The van der Waals surface area contributed by atoms with Crippen LogP contribution in [-0.2, 0) is 6.42 Å². The lowest BCUT2D eigenvalue weighted by atomic mass is 10.0. The van der Waals surface area contributed by atoms with Crippen LogP contribution in [0.1, 0.15) is 18.9 Å². The Morgan fingerprint density at radius 1 is 0.952 bits per heavy atom. The van der Waals surface area contributed by atoms with Gasteiger partial charge in [0.25, 0.3) is 0 Å². The van der Waals surface area contributed by atoms with E-state index in [2.05, 4.69) is 5.32 Å². The van der Waals surface area contributed by atoms with Gasteiger partial charge in [0.15, 0.2) is 23.3 Å². The minimum atomic E-state index is -1.41. The first-order valence-electron chi connectivity index (χ1n) is 6.66. The van der Waals surface area contributed by atoms with Gasteiger partial charge in [-0.2, -0.15) is 0 Å². The summed E-state index contributed by atoms with van der Waals surface area (Å²) in [6.45, 7) is 1.83. The quantitative estimate of drug-likeness (QED) is 0.624. The summed E-state index contributed by atoms with van der Waals surface area (Å²) < 4.78 is 53.6. The summed E-state index contributed by atoms with van der Waals surface area (Å²) in [5.74, 6) is -5.63. The molecule has 0 bridgehead atoms. The summed E-state index contributed by atoms with van der Waals surface area (Å²) in [6, 6.07) is 9.19. The third-order valence-corrected chi connectivity index (χ3v) is 3.28. The first kappa shape index (κ1) is 15.4. The zero-order valence-electron chi connectivity index (χ0n) is 11.5. The van der Waals surface area contributed by atoms with Crippen LogP contribution in [0.25, 0.3) is 0 Å². The van der Waals surface area contributed by atoms with Crippen LogP contribution in [0.15, 0.2) is 36.4 Å². The zero-order chi connectivity index (χ0) is 15.4. The van der Waals surface area contributed by atoms with Crippen LogP contribution in [0.3, 0.4) is 0 Å². The Morgan fingerprint density at radius 2 is 1.52 bits per heavy atom. The molecule has 0 aliphatic carbocycles. The number of benzene rings is 2. The molecule has 1 N–H and O–H groups in total. The van der Waals surface area contributed by atoms with Crippen molar-refractivity contribution in [3.8, 4) is 0 Å². The Morgan fingerprint density at radius 3 is 2.05 bits per heavy atom. The molecule has 1 nitrogen and oxygen atoms in total. The van der Waals surface area contributed by atoms with Crippen molar-refractivity contribution < 1.29 is 17.6 Å². The van der Waals surface area contributed by atoms with E-state index in [1.165, 1.54) is 0 Å². The van der Waals surface area contributed by atoms with Crippen molar-refractivity contribution in [3.63, 3.8) is 0 Å². The minimum Gasteiger partial charge on any atom is -0.377 e. The van der Waals surface area contributed by atoms with Gasteiger partial charge in [-0.25, -0.2) is 17.6 Å². The topological polar surface area (TPSA) is 12.0 Å². The summed E-state index contributed by atoms with van der Waals surface area (Å²) in [7, 11) is 0. The lowest BCUT2D eigenvalue weighted by Gasteiger charge is -2.19. The average molecular weight is 297 g/mol. The van der Waals surface area contributed by atoms with Crippen molar-refractivity contribution in [2.24, 2.45) is 0 Å². The number of rotatable bonds is 5. The molecule has 0 aliphatic rings. The lowest BCUT2D eigenvalue weighted by Crippen LogP contribution is -2.23.